The highest BCUT2D eigenvalue weighted by Crippen LogP contribution is 2.19. The van der Waals surface area contributed by atoms with Crippen molar-refractivity contribution in [3.05, 3.63) is 21.9 Å². The summed E-state index contributed by atoms with van der Waals surface area (Å²) in [5.41, 5.74) is 3.64. The summed E-state index contributed by atoms with van der Waals surface area (Å²) in [5, 5.41) is 5.94. The molecular formula is C14H21N3O3S2. The van der Waals surface area contributed by atoms with Crippen LogP contribution in [-0.4, -0.2) is 43.7 Å². The van der Waals surface area contributed by atoms with Crippen molar-refractivity contribution in [2.75, 3.05) is 18.8 Å². The minimum absolute atomic E-state index is 0.0666. The van der Waals surface area contributed by atoms with Crippen molar-refractivity contribution in [2.24, 2.45) is 11.0 Å². The van der Waals surface area contributed by atoms with Gasteiger partial charge in [-0.25, -0.2) is 18.1 Å². The van der Waals surface area contributed by atoms with E-state index >= 15 is 0 Å². The van der Waals surface area contributed by atoms with Gasteiger partial charge < -0.3 is 0 Å². The third-order valence-corrected chi connectivity index (χ3v) is 6.57. The normalized spacial score (nSPS) is 20.4. The van der Waals surface area contributed by atoms with Gasteiger partial charge in [0, 0.05) is 18.0 Å². The second-order valence-electron chi connectivity index (χ2n) is 5.30. The van der Waals surface area contributed by atoms with Crippen LogP contribution in [0.25, 0.3) is 0 Å². The van der Waals surface area contributed by atoms with Gasteiger partial charge in [0.1, 0.15) is 0 Å². The van der Waals surface area contributed by atoms with Crippen LogP contribution in [0.2, 0.25) is 0 Å². The largest absolute Gasteiger partial charge is 0.273 e. The molecule has 1 aromatic heterocycles. The number of sulfonamides is 1. The van der Waals surface area contributed by atoms with Gasteiger partial charge in [0.05, 0.1) is 17.9 Å². The van der Waals surface area contributed by atoms with Crippen molar-refractivity contribution in [2.45, 2.75) is 26.7 Å². The fraction of sp³-hybridized carbons (Fsp3) is 0.571. The number of nitrogens with one attached hydrogen (secondary N) is 1. The maximum atomic E-state index is 12.1. The van der Waals surface area contributed by atoms with Gasteiger partial charge in [0.15, 0.2) is 0 Å². The number of amides is 1. The average molecular weight is 343 g/mol. The molecule has 1 aliphatic heterocycles. The Labute approximate surface area is 135 Å². The van der Waals surface area contributed by atoms with Crippen LogP contribution in [-0.2, 0) is 14.8 Å². The van der Waals surface area contributed by atoms with Gasteiger partial charge in [-0.3, -0.25) is 4.79 Å². The Bertz CT molecular complexity index is 652. The monoisotopic (exact) mass is 343 g/mol. The van der Waals surface area contributed by atoms with Crippen molar-refractivity contribution in [3.8, 4) is 0 Å². The van der Waals surface area contributed by atoms with Gasteiger partial charge in [-0.1, -0.05) is 0 Å². The van der Waals surface area contributed by atoms with Crippen LogP contribution in [0.5, 0.6) is 0 Å². The minimum atomic E-state index is -3.23. The number of carbonyl (C=O) groups is 1. The Morgan fingerprint density at radius 1 is 1.59 bits per heavy atom. The lowest BCUT2D eigenvalue weighted by atomic mass is 9.99. The average Bonchev–Trinajstić information content (AvgIpc) is 2.92. The van der Waals surface area contributed by atoms with E-state index in [4.69, 9.17) is 0 Å². The molecule has 0 bridgehead atoms. The van der Waals surface area contributed by atoms with E-state index in [0.717, 1.165) is 10.4 Å². The number of piperidine rings is 1. The first-order valence-corrected chi connectivity index (χ1v) is 9.77. The summed E-state index contributed by atoms with van der Waals surface area (Å²) in [4.78, 5) is 13.1. The number of rotatable bonds is 5. The highest BCUT2D eigenvalue weighted by Gasteiger charge is 2.31. The molecule has 8 heteroatoms. The summed E-state index contributed by atoms with van der Waals surface area (Å²) in [5.74, 6) is -0.491. The lowest BCUT2D eigenvalue weighted by Crippen LogP contribution is -2.45. The highest BCUT2D eigenvalue weighted by molar-refractivity contribution is 7.89. The quantitative estimate of drug-likeness (QED) is 0.651. The molecular weight excluding hydrogens is 322 g/mol. The zero-order valence-corrected chi connectivity index (χ0v) is 14.4. The van der Waals surface area contributed by atoms with Crippen LogP contribution in [0.15, 0.2) is 16.5 Å². The molecule has 0 saturated carbocycles. The summed E-state index contributed by atoms with van der Waals surface area (Å²) in [6, 6.07) is 1.99. The maximum absolute atomic E-state index is 12.1. The molecule has 22 heavy (non-hydrogen) atoms. The fourth-order valence-corrected chi connectivity index (χ4v) is 4.32. The van der Waals surface area contributed by atoms with Gasteiger partial charge in [-0.2, -0.15) is 5.10 Å². The van der Waals surface area contributed by atoms with Crippen molar-refractivity contribution < 1.29 is 13.2 Å². The Hall–Kier alpha value is -1.25. The van der Waals surface area contributed by atoms with Gasteiger partial charge in [0.25, 0.3) is 0 Å². The van der Waals surface area contributed by atoms with Crippen LogP contribution in [0.1, 0.15) is 30.2 Å². The Balaban J connectivity index is 1.92. The van der Waals surface area contributed by atoms with Crippen molar-refractivity contribution in [1.29, 1.82) is 0 Å². The van der Waals surface area contributed by atoms with E-state index in [1.807, 2.05) is 18.4 Å². The third kappa shape index (κ3) is 4.15. The molecule has 1 atom stereocenters. The first-order valence-electron chi connectivity index (χ1n) is 7.29. The van der Waals surface area contributed by atoms with Gasteiger partial charge in [-0.15, -0.1) is 11.3 Å². The molecule has 2 heterocycles. The number of nitrogens with zero attached hydrogens (tertiary/aromatic N) is 2. The summed E-state index contributed by atoms with van der Waals surface area (Å²) in [6.07, 6.45) is 3.02. The smallest absolute Gasteiger partial charge is 0.244 e. The number of hydrogen-bond donors (Lipinski definition) is 1. The van der Waals surface area contributed by atoms with E-state index in [2.05, 4.69) is 10.5 Å². The van der Waals surface area contributed by atoms with Crippen LogP contribution in [0, 0.1) is 12.8 Å². The van der Waals surface area contributed by atoms with E-state index in [9.17, 15) is 13.2 Å². The first-order chi connectivity index (χ1) is 10.4. The van der Waals surface area contributed by atoms with Gasteiger partial charge >= 0.3 is 0 Å². The molecule has 1 aromatic rings. The van der Waals surface area contributed by atoms with Crippen molar-refractivity contribution >= 4 is 33.5 Å². The molecule has 0 unspecified atom stereocenters. The zero-order valence-electron chi connectivity index (χ0n) is 12.8. The van der Waals surface area contributed by atoms with E-state index in [1.54, 1.807) is 24.5 Å². The highest BCUT2D eigenvalue weighted by atomic mass is 32.2. The van der Waals surface area contributed by atoms with Crippen LogP contribution >= 0.6 is 11.3 Å². The summed E-state index contributed by atoms with van der Waals surface area (Å²) < 4.78 is 25.2. The third-order valence-electron chi connectivity index (χ3n) is 3.77. The van der Waals surface area contributed by atoms with Crippen LogP contribution in [0.4, 0.5) is 0 Å². The van der Waals surface area contributed by atoms with E-state index in [0.29, 0.717) is 19.4 Å². The van der Waals surface area contributed by atoms with Crippen molar-refractivity contribution in [1.82, 2.24) is 9.73 Å². The number of thiophene rings is 1. The minimum Gasteiger partial charge on any atom is -0.273 e. The summed E-state index contributed by atoms with van der Waals surface area (Å²) >= 11 is 1.56. The standard InChI is InChI=1S/C14H21N3O3S2/c1-3-22(19,20)17-7-4-5-12(10-17)14(18)16-15-9-13-11(2)6-8-21-13/h6,8-9,12H,3-5,7,10H2,1-2H3,(H,16,18)/b15-9-/t12-/m0/s1. The molecule has 122 valence electrons. The molecule has 1 N–H and O–H groups in total. The lowest BCUT2D eigenvalue weighted by molar-refractivity contribution is -0.126. The topological polar surface area (TPSA) is 78.8 Å². The molecule has 1 saturated heterocycles. The van der Waals surface area contributed by atoms with Crippen molar-refractivity contribution in [3.63, 3.8) is 0 Å². The molecule has 2 rings (SSSR count). The Morgan fingerprint density at radius 3 is 3.00 bits per heavy atom. The fourth-order valence-electron chi connectivity index (χ4n) is 2.35. The van der Waals surface area contributed by atoms with Crippen LogP contribution in [0.3, 0.4) is 0 Å². The zero-order chi connectivity index (χ0) is 16.2. The van der Waals surface area contributed by atoms with Gasteiger partial charge in [0.2, 0.25) is 15.9 Å². The van der Waals surface area contributed by atoms with E-state index in [-0.39, 0.29) is 24.1 Å². The molecule has 1 amide bonds. The number of aryl methyl sites for hydroxylation is 1. The molecule has 6 nitrogen and oxygen atoms in total. The first kappa shape index (κ1) is 17.1. The van der Waals surface area contributed by atoms with Gasteiger partial charge in [-0.05, 0) is 43.7 Å². The SMILES string of the molecule is CCS(=O)(=O)N1CCC[C@H](C(=O)N/N=C\c2sccc2C)C1. The number of carbonyl (C=O) groups excluding carboxylic acids is 1. The molecule has 1 aliphatic rings. The molecule has 1 fully saturated rings. The second-order valence-corrected chi connectivity index (χ2v) is 8.51. The van der Waals surface area contributed by atoms with E-state index < -0.39 is 10.0 Å². The maximum Gasteiger partial charge on any atom is 0.244 e. The lowest BCUT2D eigenvalue weighted by Gasteiger charge is -2.30. The van der Waals surface area contributed by atoms with E-state index in [1.165, 1.54) is 4.31 Å². The number of hydrazone groups is 1. The molecule has 0 aromatic carbocycles. The summed E-state index contributed by atoms with van der Waals surface area (Å²) in [6.45, 7) is 4.34. The Morgan fingerprint density at radius 2 is 2.36 bits per heavy atom. The molecule has 0 radical (unpaired) electrons. The predicted molar refractivity (Wildman–Crippen MR) is 88.6 cm³/mol. The second kappa shape index (κ2) is 7.34. The Kier molecular flexibility index (Phi) is 5.71. The molecule has 0 aliphatic carbocycles. The molecule has 0 spiro atoms. The predicted octanol–water partition coefficient (Wildman–Crippen LogP) is 1.57. The van der Waals surface area contributed by atoms with Crippen LogP contribution < -0.4 is 5.43 Å². The summed E-state index contributed by atoms with van der Waals surface area (Å²) in [7, 11) is -3.23. The number of hydrogen-bond acceptors (Lipinski definition) is 5.